The molecule has 0 atom stereocenters. The molecule has 2 nitrogen and oxygen atoms in total. The zero-order valence-electron chi connectivity index (χ0n) is 9.06. The van der Waals surface area contributed by atoms with E-state index >= 15 is 0 Å². The highest BCUT2D eigenvalue weighted by atomic mass is 35.5. The van der Waals surface area contributed by atoms with Crippen LogP contribution in [0.2, 0.25) is 5.02 Å². The first-order chi connectivity index (χ1) is 8.25. The van der Waals surface area contributed by atoms with Crippen molar-refractivity contribution in [2.24, 2.45) is 0 Å². The summed E-state index contributed by atoms with van der Waals surface area (Å²) in [6.07, 6.45) is 1.77. The Balaban J connectivity index is 1.96. The SMILES string of the molecule is S=C(NCc1ccccn1)c1ccc(Cl)cc1. The van der Waals surface area contributed by atoms with E-state index < -0.39 is 0 Å². The lowest BCUT2D eigenvalue weighted by molar-refractivity contribution is 0.884. The van der Waals surface area contributed by atoms with E-state index in [1.54, 1.807) is 6.20 Å². The van der Waals surface area contributed by atoms with Crippen molar-refractivity contribution in [1.82, 2.24) is 10.3 Å². The number of halogens is 1. The average Bonchev–Trinajstić information content (AvgIpc) is 2.38. The molecule has 0 spiro atoms. The second kappa shape index (κ2) is 5.75. The van der Waals surface area contributed by atoms with E-state index in [1.807, 2.05) is 42.5 Å². The summed E-state index contributed by atoms with van der Waals surface area (Å²) in [5.74, 6) is 0. The summed E-state index contributed by atoms with van der Waals surface area (Å²) in [6, 6.07) is 13.2. The number of hydrogen-bond acceptors (Lipinski definition) is 2. The van der Waals surface area contributed by atoms with Gasteiger partial charge < -0.3 is 5.32 Å². The van der Waals surface area contributed by atoms with Crippen LogP contribution in [0.4, 0.5) is 0 Å². The molecule has 1 N–H and O–H groups in total. The molecule has 0 radical (unpaired) electrons. The van der Waals surface area contributed by atoms with Crippen LogP contribution >= 0.6 is 23.8 Å². The van der Waals surface area contributed by atoms with E-state index in [9.17, 15) is 0 Å². The second-order valence-corrected chi connectivity index (χ2v) is 4.36. The van der Waals surface area contributed by atoms with Crippen LogP contribution in [0.15, 0.2) is 48.7 Å². The van der Waals surface area contributed by atoms with Gasteiger partial charge in [-0.1, -0.05) is 42.0 Å². The van der Waals surface area contributed by atoms with E-state index in [2.05, 4.69) is 10.3 Å². The molecule has 86 valence electrons. The van der Waals surface area contributed by atoms with E-state index in [-0.39, 0.29) is 0 Å². The predicted octanol–water partition coefficient (Wildman–Crippen LogP) is 3.20. The lowest BCUT2D eigenvalue weighted by Gasteiger charge is -2.07. The maximum absolute atomic E-state index is 5.82. The van der Waals surface area contributed by atoms with Gasteiger partial charge in [0, 0.05) is 16.8 Å². The largest absolute Gasteiger partial charge is 0.370 e. The van der Waals surface area contributed by atoms with E-state index in [1.165, 1.54) is 0 Å². The average molecular weight is 263 g/mol. The number of aromatic nitrogens is 1. The van der Waals surface area contributed by atoms with Crippen molar-refractivity contribution in [3.63, 3.8) is 0 Å². The van der Waals surface area contributed by atoms with Crippen molar-refractivity contribution in [1.29, 1.82) is 0 Å². The predicted molar refractivity (Wildman–Crippen MR) is 74.2 cm³/mol. The molecule has 0 aliphatic heterocycles. The summed E-state index contributed by atoms with van der Waals surface area (Å²) >= 11 is 11.1. The Morgan fingerprint density at radius 2 is 1.94 bits per heavy atom. The molecule has 0 saturated carbocycles. The van der Waals surface area contributed by atoms with E-state index in [0.717, 1.165) is 11.3 Å². The van der Waals surface area contributed by atoms with Gasteiger partial charge in [-0.3, -0.25) is 4.98 Å². The fourth-order valence-electron chi connectivity index (χ4n) is 1.38. The van der Waals surface area contributed by atoms with Crippen LogP contribution in [0, 0.1) is 0 Å². The fourth-order valence-corrected chi connectivity index (χ4v) is 1.71. The van der Waals surface area contributed by atoms with Gasteiger partial charge in [-0.2, -0.15) is 0 Å². The third-order valence-electron chi connectivity index (χ3n) is 2.26. The first-order valence-corrected chi connectivity index (χ1v) is 5.98. The number of rotatable bonds is 3. The summed E-state index contributed by atoms with van der Waals surface area (Å²) in [5, 5.41) is 3.87. The molecule has 0 amide bonds. The zero-order valence-corrected chi connectivity index (χ0v) is 10.6. The Labute approximate surface area is 111 Å². The zero-order chi connectivity index (χ0) is 12.1. The van der Waals surface area contributed by atoms with Gasteiger partial charge >= 0.3 is 0 Å². The van der Waals surface area contributed by atoms with Crippen LogP contribution in [0.25, 0.3) is 0 Å². The van der Waals surface area contributed by atoms with E-state index in [0.29, 0.717) is 16.6 Å². The maximum atomic E-state index is 5.82. The summed E-state index contributed by atoms with van der Waals surface area (Å²) < 4.78 is 0. The first kappa shape index (κ1) is 12.0. The Morgan fingerprint density at radius 1 is 1.18 bits per heavy atom. The van der Waals surface area contributed by atoms with Gasteiger partial charge in [0.05, 0.1) is 12.2 Å². The number of nitrogens with one attached hydrogen (secondary N) is 1. The summed E-state index contributed by atoms with van der Waals surface area (Å²) in [4.78, 5) is 4.92. The molecule has 0 fully saturated rings. The van der Waals surface area contributed by atoms with Crippen LogP contribution < -0.4 is 5.32 Å². The fraction of sp³-hybridized carbons (Fsp3) is 0.0769. The standard InChI is InChI=1S/C13H11ClN2S/c14-11-6-4-10(5-7-11)13(17)16-9-12-3-1-2-8-15-12/h1-8H,9H2,(H,16,17). The Morgan fingerprint density at radius 3 is 2.59 bits per heavy atom. The minimum absolute atomic E-state index is 0.627. The van der Waals surface area contributed by atoms with Crippen molar-refractivity contribution in [3.05, 3.63) is 64.9 Å². The number of benzene rings is 1. The minimum atomic E-state index is 0.627. The van der Waals surface area contributed by atoms with Crippen LogP contribution in [0.3, 0.4) is 0 Å². The molecule has 0 bridgehead atoms. The quantitative estimate of drug-likeness (QED) is 0.860. The molecule has 0 aliphatic rings. The Bertz CT molecular complexity index is 497. The van der Waals surface area contributed by atoms with Crippen LogP contribution in [0.5, 0.6) is 0 Å². The highest BCUT2D eigenvalue weighted by Gasteiger charge is 2.00. The molecule has 0 unspecified atom stereocenters. The number of pyridine rings is 1. The molecule has 2 aromatic rings. The second-order valence-electron chi connectivity index (χ2n) is 3.51. The van der Waals surface area contributed by atoms with Gasteiger partial charge in [0.2, 0.25) is 0 Å². The van der Waals surface area contributed by atoms with Gasteiger partial charge in [-0.15, -0.1) is 0 Å². The highest BCUT2D eigenvalue weighted by Crippen LogP contribution is 2.09. The number of thiocarbonyl (C=S) groups is 1. The molecule has 0 aliphatic carbocycles. The smallest absolute Gasteiger partial charge is 0.106 e. The summed E-state index contributed by atoms with van der Waals surface area (Å²) in [7, 11) is 0. The van der Waals surface area contributed by atoms with Crippen LogP contribution in [-0.2, 0) is 6.54 Å². The third kappa shape index (κ3) is 3.51. The molecule has 1 heterocycles. The summed E-state index contributed by atoms with van der Waals surface area (Å²) in [5.41, 5.74) is 1.92. The van der Waals surface area contributed by atoms with Gasteiger partial charge in [-0.25, -0.2) is 0 Å². The number of nitrogens with zero attached hydrogens (tertiary/aromatic N) is 1. The van der Waals surface area contributed by atoms with Crippen molar-refractivity contribution in [3.8, 4) is 0 Å². The summed E-state index contributed by atoms with van der Waals surface area (Å²) in [6.45, 7) is 0.627. The maximum Gasteiger partial charge on any atom is 0.106 e. The topological polar surface area (TPSA) is 24.9 Å². The van der Waals surface area contributed by atoms with Gasteiger partial charge in [0.1, 0.15) is 4.99 Å². The third-order valence-corrected chi connectivity index (χ3v) is 2.89. The molecule has 0 saturated heterocycles. The van der Waals surface area contributed by atoms with Gasteiger partial charge in [0.25, 0.3) is 0 Å². The lowest BCUT2D eigenvalue weighted by atomic mass is 10.2. The monoisotopic (exact) mass is 262 g/mol. The van der Waals surface area contributed by atoms with Crippen molar-refractivity contribution in [2.45, 2.75) is 6.54 Å². The number of hydrogen-bond donors (Lipinski definition) is 1. The van der Waals surface area contributed by atoms with Crippen molar-refractivity contribution < 1.29 is 0 Å². The molecule has 17 heavy (non-hydrogen) atoms. The molecule has 2 rings (SSSR count). The minimum Gasteiger partial charge on any atom is -0.370 e. The highest BCUT2D eigenvalue weighted by molar-refractivity contribution is 7.80. The van der Waals surface area contributed by atoms with Crippen LogP contribution in [-0.4, -0.2) is 9.97 Å². The van der Waals surface area contributed by atoms with Crippen LogP contribution in [0.1, 0.15) is 11.3 Å². The van der Waals surface area contributed by atoms with Gasteiger partial charge in [-0.05, 0) is 24.3 Å². The van der Waals surface area contributed by atoms with Gasteiger partial charge in [0.15, 0.2) is 0 Å². The first-order valence-electron chi connectivity index (χ1n) is 5.19. The lowest BCUT2D eigenvalue weighted by Crippen LogP contribution is -2.22. The Hall–Kier alpha value is -1.45. The molecular formula is C13H11ClN2S. The molecule has 1 aromatic heterocycles. The van der Waals surface area contributed by atoms with Crippen molar-refractivity contribution >= 4 is 28.8 Å². The molecular weight excluding hydrogens is 252 g/mol. The molecule has 1 aromatic carbocycles. The normalized spacial score (nSPS) is 9.94. The van der Waals surface area contributed by atoms with Crippen molar-refractivity contribution in [2.75, 3.05) is 0 Å². The molecule has 4 heteroatoms. The Kier molecular flexibility index (Phi) is 4.07. The van der Waals surface area contributed by atoms with E-state index in [4.69, 9.17) is 23.8 Å².